The number of rotatable bonds is 5. The average Bonchev–Trinajstić information content (AvgIpc) is 2.58. The highest BCUT2D eigenvalue weighted by Crippen LogP contribution is 2.25. The molecular formula is C16H15ClFN3O4S. The SMILES string of the molecule is CNS(=O)(=O)c1ccc(Cl)c(C(=O)Nc2cc(C(N)=O)cc(F)c2C)c1. The molecule has 0 aliphatic heterocycles. The topological polar surface area (TPSA) is 118 Å². The third kappa shape index (κ3) is 4.01. The zero-order valence-electron chi connectivity index (χ0n) is 13.8. The number of halogens is 2. The Kier molecular flexibility index (Phi) is 5.65. The first-order valence-corrected chi connectivity index (χ1v) is 9.07. The predicted molar refractivity (Wildman–Crippen MR) is 95.3 cm³/mol. The van der Waals surface area contributed by atoms with Gasteiger partial charge in [-0.15, -0.1) is 0 Å². The molecule has 0 heterocycles. The van der Waals surface area contributed by atoms with Crippen molar-refractivity contribution in [1.29, 1.82) is 0 Å². The molecule has 2 rings (SSSR count). The van der Waals surface area contributed by atoms with Crippen LogP contribution in [0.15, 0.2) is 35.2 Å². The van der Waals surface area contributed by atoms with Crippen molar-refractivity contribution in [1.82, 2.24) is 4.72 Å². The van der Waals surface area contributed by atoms with Crippen LogP contribution in [0.3, 0.4) is 0 Å². The number of amides is 2. The summed E-state index contributed by atoms with van der Waals surface area (Å²) in [5.41, 5.74) is 4.98. The first-order chi connectivity index (χ1) is 12.1. The zero-order valence-corrected chi connectivity index (χ0v) is 15.3. The van der Waals surface area contributed by atoms with Crippen molar-refractivity contribution in [3.63, 3.8) is 0 Å². The zero-order chi connectivity index (χ0) is 19.6. The molecule has 0 fully saturated rings. The van der Waals surface area contributed by atoms with Crippen LogP contribution in [0.2, 0.25) is 5.02 Å². The Morgan fingerprint density at radius 1 is 1.19 bits per heavy atom. The molecule has 0 saturated carbocycles. The molecule has 0 spiro atoms. The van der Waals surface area contributed by atoms with E-state index in [2.05, 4.69) is 10.0 Å². The van der Waals surface area contributed by atoms with Gasteiger partial charge < -0.3 is 11.1 Å². The molecule has 0 radical (unpaired) electrons. The van der Waals surface area contributed by atoms with Gasteiger partial charge in [-0.2, -0.15) is 0 Å². The van der Waals surface area contributed by atoms with Gasteiger partial charge in [-0.1, -0.05) is 11.6 Å². The van der Waals surface area contributed by atoms with Crippen LogP contribution in [0, 0.1) is 12.7 Å². The van der Waals surface area contributed by atoms with Crippen LogP contribution in [0.5, 0.6) is 0 Å². The second-order valence-electron chi connectivity index (χ2n) is 5.30. The molecule has 26 heavy (non-hydrogen) atoms. The Bertz CT molecular complexity index is 1010. The summed E-state index contributed by atoms with van der Waals surface area (Å²) in [4.78, 5) is 23.6. The van der Waals surface area contributed by atoms with E-state index in [0.717, 1.165) is 12.1 Å². The number of sulfonamides is 1. The minimum atomic E-state index is -3.79. The van der Waals surface area contributed by atoms with Gasteiger partial charge in [-0.25, -0.2) is 17.5 Å². The third-order valence-corrected chi connectivity index (χ3v) is 5.38. The van der Waals surface area contributed by atoms with E-state index in [1.807, 2.05) is 0 Å². The van der Waals surface area contributed by atoms with Crippen LogP contribution < -0.4 is 15.8 Å². The van der Waals surface area contributed by atoms with E-state index in [1.165, 1.54) is 32.2 Å². The van der Waals surface area contributed by atoms with E-state index >= 15 is 0 Å². The van der Waals surface area contributed by atoms with Crippen LogP contribution in [-0.2, 0) is 10.0 Å². The van der Waals surface area contributed by atoms with Gasteiger partial charge in [0.15, 0.2) is 0 Å². The molecule has 2 amide bonds. The number of hydrogen-bond acceptors (Lipinski definition) is 4. The van der Waals surface area contributed by atoms with Gasteiger partial charge >= 0.3 is 0 Å². The summed E-state index contributed by atoms with van der Waals surface area (Å²) in [6, 6.07) is 5.77. The highest BCUT2D eigenvalue weighted by atomic mass is 35.5. The minimum absolute atomic E-state index is 0.00161. The summed E-state index contributed by atoms with van der Waals surface area (Å²) in [6.07, 6.45) is 0. The lowest BCUT2D eigenvalue weighted by Crippen LogP contribution is -2.20. The maximum absolute atomic E-state index is 13.9. The molecule has 0 aromatic heterocycles. The lowest BCUT2D eigenvalue weighted by molar-refractivity contribution is 0.0995. The van der Waals surface area contributed by atoms with Crippen molar-refractivity contribution in [2.75, 3.05) is 12.4 Å². The Morgan fingerprint density at radius 3 is 2.42 bits per heavy atom. The fourth-order valence-corrected chi connectivity index (χ4v) is 3.06. The Hall–Kier alpha value is -2.49. The monoisotopic (exact) mass is 399 g/mol. The van der Waals surface area contributed by atoms with Gasteiger partial charge in [-0.3, -0.25) is 9.59 Å². The minimum Gasteiger partial charge on any atom is -0.366 e. The predicted octanol–water partition coefficient (Wildman–Crippen LogP) is 2.05. The molecule has 0 atom stereocenters. The van der Waals surface area contributed by atoms with Gasteiger partial charge in [0.2, 0.25) is 15.9 Å². The van der Waals surface area contributed by atoms with Gasteiger partial charge in [0.1, 0.15) is 5.82 Å². The van der Waals surface area contributed by atoms with E-state index in [4.69, 9.17) is 17.3 Å². The number of nitrogens with one attached hydrogen (secondary N) is 2. The molecule has 0 bridgehead atoms. The number of benzene rings is 2. The van der Waals surface area contributed by atoms with E-state index in [9.17, 15) is 22.4 Å². The van der Waals surface area contributed by atoms with E-state index in [0.29, 0.717) is 0 Å². The number of anilines is 1. The number of nitrogens with two attached hydrogens (primary N) is 1. The third-order valence-electron chi connectivity index (χ3n) is 3.64. The van der Waals surface area contributed by atoms with Crippen molar-refractivity contribution in [2.24, 2.45) is 5.73 Å². The summed E-state index contributed by atoms with van der Waals surface area (Å²) in [6.45, 7) is 1.40. The molecule has 0 saturated heterocycles. The average molecular weight is 400 g/mol. The number of carbonyl (C=O) groups is 2. The van der Waals surface area contributed by atoms with Crippen molar-refractivity contribution in [3.05, 3.63) is 57.9 Å². The largest absolute Gasteiger partial charge is 0.366 e. The maximum Gasteiger partial charge on any atom is 0.257 e. The van der Waals surface area contributed by atoms with Crippen molar-refractivity contribution in [3.8, 4) is 0 Å². The molecule has 0 aliphatic rings. The first-order valence-electron chi connectivity index (χ1n) is 7.21. The highest BCUT2D eigenvalue weighted by Gasteiger charge is 2.19. The van der Waals surface area contributed by atoms with Crippen LogP contribution in [-0.4, -0.2) is 27.3 Å². The summed E-state index contributed by atoms with van der Waals surface area (Å²) in [5, 5.41) is 2.42. The standard InChI is InChI=1S/C16H15ClFN3O4S/c1-8-13(18)5-9(15(19)22)6-14(8)21-16(23)11-7-10(3-4-12(11)17)26(24,25)20-2/h3-7,20H,1-2H3,(H2,19,22)(H,21,23). The Balaban J connectivity index is 2.46. The van der Waals surface area contributed by atoms with Crippen molar-refractivity contribution < 1.29 is 22.4 Å². The molecule has 4 N–H and O–H groups in total. The quantitative estimate of drug-likeness (QED) is 0.712. The second kappa shape index (κ2) is 7.40. The molecule has 2 aromatic rings. The smallest absolute Gasteiger partial charge is 0.257 e. The highest BCUT2D eigenvalue weighted by molar-refractivity contribution is 7.89. The molecule has 10 heteroatoms. The van der Waals surface area contributed by atoms with Crippen molar-refractivity contribution >= 4 is 39.1 Å². The van der Waals surface area contributed by atoms with E-state index < -0.39 is 27.7 Å². The lowest BCUT2D eigenvalue weighted by Gasteiger charge is -2.12. The Labute approximate surface area is 154 Å². The normalized spacial score (nSPS) is 11.2. The van der Waals surface area contributed by atoms with Gasteiger partial charge in [-0.05, 0) is 44.3 Å². The van der Waals surface area contributed by atoms with Crippen LogP contribution >= 0.6 is 11.6 Å². The van der Waals surface area contributed by atoms with Crippen LogP contribution in [0.25, 0.3) is 0 Å². The summed E-state index contributed by atoms with van der Waals surface area (Å²) < 4.78 is 39.8. The number of primary amides is 1. The molecular weight excluding hydrogens is 385 g/mol. The second-order valence-corrected chi connectivity index (χ2v) is 7.59. The Morgan fingerprint density at radius 2 is 1.85 bits per heavy atom. The number of hydrogen-bond donors (Lipinski definition) is 3. The van der Waals surface area contributed by atoms with Crippen LogP contribution in [0.1, 0.15) is 26.3 Å². The first kappa shape index (κ1) is 19.8. The van der Waals surface area contributed by atoms with Crippen LogP contribution in [0.4, 0.5) is 10.1 Å². The van der Waals surface area contributed by atoms with Crippen molar-refractivity contribution in [2.45, 2.75) is 11.8 Å². The summed E-state index contributed by atoms with van der Waals surface area (Å²) in [5.74, 6) is -2.36. The lowest BCUT2D eigenvalue weighted by atomic mass is 10.1. The van der Waals surface area contributed by atoms with E-state index in [-0.39, 0.29) is 32.3 Å². The molecule has 0 unspecified atom stereocenters. The summed E-state index contributed by atoms with van der Waals surface area (Å²) >= 11 is 5.98. The van der Waals surface area contributed by atoms with Gasteiger partial charge in [0, 0.05) is 16.8 Å². The molecule has 2 aromatic carbocycles. The maximum atomic E-state index is 13.9. The number of carbonyl (C=O) groups excluding carboxylic acids is 2. The fraction of sp³-hybridized carbons (Fsp3) is 0.125. The van der Waals surface area contributed by atoms with E-state index in [1.54, 1.807) is 0 Å². The molecule has 7 nitrogen and oxygen atoms in total. The summed E-state index contributed by atoms with van der Waals surface area (Å²) in [7, 11) is -2.56. The van der Waals surface area contributed by atoms with Gasteiger partial charge in [0.05, 0.1) is 15.5 Å². The molecule has 0 aliphatic carbocycles. The fourth-order valence-electron chi connectivity index (χ4n) is 2.10. The molecule has 138 valence electrons. The van der Waals surface area contributed by atoms with Gasteiger partial charge in [0.25, 0.3) is 5.91 Å².